The lowest BCUT2D eigenvalue weighted by Gasteiger charge is -2.17. The quantitative estimate of drug-likeness (QED) is 0.833. The molecule has 0 unspecified atom stereocenters. The van der Waals surface area contributed by atoms with Crippen molar-refractivity contribution in [1.29, 1.82) is 0 Å². The molecule has 1 rings (SSSR count). The number of alkyl halides is 3. The van der Waals surface area contributed by atoms with Gasteiger partial charge < -0.3 is 9.47 Å². The zero-order chi connectivity index (χ0) is 15.3. The van der Waals surface area contributed by atoms with Crippen molar-refractivity contribution in [2.75, 3.05) is 13.6 Å². The van der Waals surface area contributed by atoms with Crippen molar-refractivity contribution in [3.8, 4) is 0 Å². The van der Waals surface area contributed by atoms with Gasteiger partial charge in [-0.2, -0.15) is 13.2 Å². The van der Waals surface area contributed by atoms with Crippen LogP contribution in [0.15, 0.2) is 23.1 Å². The Morgan fingerprint density at radius 2 is 2.05 bits per heavy atom. The molecule has 0 fully saturated rings. The van der Waals surface area contributed by atoms with Gasteiger partial charge in [-0.05, 0) is 18.6 Å². The van der Waals surface area contributed by atoms with Crippen LogP contribution in [-0.2, 0) is 17.5 Å². The summed E-state index contributed by atoms with van der Waals surface area (Å²) >= 11 is 0. The Morgan fingerprint density at radius 1 is 1.40 bits per heavy atom. The molecule has 112 valence electrons. The molecule has 1 heterocycles. The van der Waals surface area contributed by atoms with E-state index in [9.17, 15) is 22.8 Å². The molecule has 0 aromatic carbocycles. The van der Waals surface area contributed by atoms with E-state index in [1.165, 1.54) is 11.1 Å². The first-order chi connectivity index (χ1) is 9.27. The average molecular weight is 290 g/mol. The van der Waals surface area contributed by atoms with E-state index in [0.29, 0.717) is 12.6 Å². The Kier molecular flexibility index (Phi) is 5.35. The van der Waals surface area contributed by atoms with Crippen molar-refractivity contribution in [2.45, 2.75) is 32.5 Å². The van der Waals surface area contributed by atoms with Crippen LogP contribution in [0.1, 0.15) is 25.3 Å². The van der Waals surface area contributed by atoms with Gasteiger partial charge in [0.05, 0.1) is 0 Å². The summed E-state index contributed by atoms with van der Waals surface area (Å²) in [4.78, 5) is 24.9. The predicted octanol–water partition coefficient (Wildman–Crippen LogP) is 2.13. The molecule has 4 nitrogen and oxygen atoms in total. The number of unbranched alkanes of at least 4 members (excludes halogenated alkanes) is 1. The highest BCUT2D eigenvalue weighted by molar-refractivity contribution is 5.75. The second-order valence-corrected chi connectivity index (χ2v) is 4.52. The van der Waals surface area contributed by atoms with Crippen LogP contribution in [0, 0.1) is 0 Å². The minimum absolute atomic E-state index is 0.386. The zero-order valence-corrected chi connectivity index (χ0v) is 11.4. The van der Waals surface area contributed by atoms with Crippen molar-refractivity contribution >= 4 is 5.91 Å². The Hall–Kier alpha value is -1.79. The molecule has 0 aliphatic rings. The maximum Gasteiger partial charge on any atom is 0.421 e. The van der Waals surface area contributed by atoms with E-state index in [1.54, 1.807) is 7.05 Å². The number of rotatable bonds is 5. The fourth-order valence-electron chi connectivity index (χ4n) is 1.66. The molecule has 0 aliphatic heterocycles. The highest BCUT2D eigenvalue weighted by Crippen LogP contribution is 2.25. The Morgan fingerprint density at radius 3 is 2.60 bits per heavy atom. The number of carbonyl (C=O) groups excluding carboxylic acids is 1. The van der Waals surface area contributed by atoms with E-state index in [1.807, 2.05) is 6.92 Å². The summed E-state index contributed by atoms with van der Waals surface area (Å²) in [6.07, 6.45) is -1.82. The second-order valence-electron chi connectivity index (χ2n) is 4.52. The van der Waals surface area contributed by atoms with Crippen molar-refractivity contribution in [2.24, 2.45) is 0 Å². The van der Waals surface area contributed by atoms with Gasteiger partial charge in [-0.15, -0.1) is 0 Å². The first kappa shape index (κ1) is 16.3. The van der Waals surface area contributed by atoms with Crippen molar-refractivity contribution in [3.05, 3.63) is 34.2 Å². The molecular formula is C13H17F3N2O2. The van der Waals surface area contributed by atoms with Crippen LogP contribution < -0.4 is 5.56 Å². The number of amides is 1. The highest BCUT2D eigenvalue weighted by atomic mass is 19.4. The molecule has 7 heteroatoms. The number of pyridine rings is 1. The topological polar surface area (TPSA) is 42.3 Å². The minimum atomic E-state index is -4.71. The number of hydrogen-bond donors (Lipinski definition) is 0. The third-order valence-electron chi connectivity index (χ3n) is 2.90. The summed E-state index contributed by atoms with van der Waals surface area (Å²) < 4.78 is 38.5. The van der Waals surface area contributed by atoms with Gasteiger partial charge in [0.2, 0.25) is 5.91 Å². The molecule has 1 aromatic heterocycles. The van der Waals surface area contributed by atoms with Gasteiger partial charge in [-0.3, -0.25) is 9.59 Å². The molecular weight excluding hydrogens is 273 g/mol. The van der Waals surface area contributed by atoms with E-state index in [4.69, 9.17) is 0 Å². The van der Waals surface area contributed by atoms with Crippen LogP contribution in [0.3, 0.4) is 0 Å². The SMILES string of the molecule is CCCCN(C)C(=O)Cn1cccc(C(F)(F)F)c1=O. The summed E-state index contributed by atoms with van der Waals surface area (Å²) in [5.74, 6) is -0.389. The van der Waals surface area contributed by atoms with Crippen LogP contribution >= 0.6 is 0 Å². The molecule has 1 aromatic rings. The number of likely N-dealkylation sites (N-methyl/N-ethyl adjacent to an activating group) is 1. The maximum atomic E-state index is 12.6. The van der Waals surface area contributed by atoms with Crippen molar-refractivity contribution in [1.82, 2.24) is 9.47 Å². The third kappa shape index (κ3) is 4.11. The molecule has 0 saturated carbocycles. The van der Waals surface area contributed by atoms with Gasteiger partial charge in [0.1, 0.15) is 12.1 Å². The first-order valence-electron chi connectivity index (χ1n) is 6.28. The Labute approximate surface area is 114 Å². The summed E-state index contributed by atoms with van der Waals surface area (Å²) in [6, 6.07) is 1.83. The molecule has 0 atom stereocenters. The molecule has 0 aliphatic carbocycles. The summed E-state index contributed by atoms with van der Waals surface area (Å²) in [5, 5.41) is 0. The lowest BCUT2D eigenvalue weighted by atomic mass is 10.2. The van der Waals surface area contributed by atoms with Gasteiger partial charge in [0.15, 0.2) is 0 Å². The Balaban J connectivity index is 2.89. The molecule has 0 N–H and O–H groups in total. The molecule has 0 radical (unpaired) electrons. The van der Waals surface area contributed by atoms with E-state index in [-0.39, 0.29) is 12.5 Å². The number of carbonyl (C=O) groups is 1. The predicted molar refractivity (Wildman–Crippen MR) is 68.2 cm³/mol. The Bertz CT molecular complexity index is 523. The van der Waals surface area contributed by atoms with Crippen LogP contribution in [-0.4, -0.2) is 29.0 Å². The molecule has 0 saturated heterocycles. The molecule has 20 heavy (non-hydrogen) atoms. The smallest absolute Gasteiger partial charge is 0.344 e. The molecule has 0 bridgehead atoms. The largest absolute Gasteiger partial charge is 0.421 e. The highest BCUT2D eigenvalue weighted by Gasteiger charge is 2.34. The fraction of sp³-hybridized carbons (Fsp3) is 0.538. The van der Waals surface area contributed by atoms with Crippen LogP contribution in [0.25, 0.3) is 0 Å². The average Bonchev–Trinajstić information content (AvgIpc) is 2.36. The lowest BCUT2D eigenvalue weighted by molar-refractivity contribution is -0.139. The maximum absolute atomic E-state index is 12.6. The molecule has 1 amide bonds. The summed E-state index contributed by atoms with van der Waals surface area (Å²) in [5.41, 5.74) is -2.46. The standard InChI is InChI=1S/C13H17F3N2O2/c1-3-4-7-17(2)11(19)9-18-8-5-6-10(12(18)20)13(14,15)16/h5-6,8H,3-4,7,9H2,1-2H3. The first-order valence-corrected chi connectivity index (χ1v) is 6.28. The van der Waals surface area contributed by atoms with E-state index in [0.717, 1.165) is 23.5 Å². The van der Waals surface area contributed by atoms with Crippen molar-refractivity contribution < 1.29 is 18.0 Å². The van der Waals surface area contributed by atoms with E-state index < -0.39 is 17.3 Å². The zero-order valence-electron chi connectivity index (χ0n) is 11.4. The number of nitrogens with zero attached hydrogens (tertiary/aromatic N) is 2. The van der Waals surface area contributed by atoms with Crippen LogP contribution in [0.4, 0.5) is 13.2 Å². The van der Waals surface area contributed by atoms with Gasteiger partial charge in [0.25, 0.3) is 5.56 Å². The second kappa shape index (κ2) is 6.58. The summed E-state index contributed by atoms with van der Waals surface area (Å²) in [6.45, 7) is 2.10. The number of hydrogen-bond acceptors (Lipinski definition) is 2. The van der Waals surface area contributed by atoms with Gasteiger partial charge in [0, 0.05) is 19.8 Å². The molecule has 0 spiro atoms. The third-order valence-corrected chi connectivity index (χ3v) is 2.90. The van der Waals surface area contributed by atoms with Crippen LogP contribution in [0.2, 0.25) is 0 Å². The van der Waals surface area contributed by atoms with Gasteiger partial charge in [-0.25, -0.2) is 0 Å². The minimum Gasteiger partial charge on any atom is -0.344 e. The van der Waals surface area contributed by atoms with Gasteiger partial charge >= 0.3 is 6.18 Å². The number of halogens is 3. The van der Waals surface area contributed by atoms with E-state index in [2.05, 4.69) is 0 Å². The van der Waals surface area contributed by atoms with Crippen LogP contribution in [0.5, 0.6) is 0 Å². The fourth-order valence-corrected chi connectivity index (χ4v) is 1.66. The van der Waals surface area contributed by atoms with Gasteiger partial charge in [-0.1, -0.05) is 13.3 Å². The number of aromatic nitrogens is 1. The van der Waals surface area contributed by atoms with E-state index >= 15 is 0 Å². The normalized spacial score (nSPS) is 11.4. The van der Waals surface area contributed by atoms with Crippen molar-refractivity contribution in [3.63, 3.8) is 0 Å². The summed E-state index contributed by atoms with van der Waals surface area (Å²) in [7, 11) is 1.57. The monoisotopic (exact) mass is 290 g/mol. The lowest BCUT2D eigenvalue weighted by Crippen LogP contribution is -2.36.